The molecule has 0 aromatic heterocycles. The van der Waals surface area contributed by atoms with Crippen LogP contribution in [0.4, 0.5) is 39.5 Å². The molecule has 0 N–H and O–H groups in total. The normalized spacial score (nSPS) is 12.8. The molecule has 0 saturated heterocycles. The van der Waals surface area contributed by atoms with Crippen molar-refractivity contribution in [2.75, 3.05) is 5.75 Å². The lowest BCUT2D eigenvalue weighted by atomic mass is 10.1. The first-order valence-electron chi connectivity index (χ1n) is 11.6. The van der Waals surface area contributed by atoms with Crippen molar-refractivity contribution >= 4 is 33.6 Å². The second kappa shape index (κ2) is 14.1. The summed E-state index contributed by atoms with van der Waals surface area (Å²) in [5.74, 6) is -15.0. The van der Waals surface area contributed by atoms with Crippen LogP contribution in [0.15, 0.2) is 99.6 Å². The van der Waals surface area contributed by atoms with Crippen molar-refractivity contribution in [3.63, 3.8) is 0 Å². The van der Waals surface area contributed by atoms with E-state index in [1.807, 2.05) is 19.1 Å². The fourth-order valence-electron chi connectivity index (χ4n) is 2.74. The van der Waals surface area contributed by atoms with Crippen LogP contribution >= 0.6 is 23.5 Å². The van der Waals surface area contributed by atoms with E-state index in [0.717, 1.165) is 25.0 Å². The van der Waals surface area contributed by atoms with Gasteiger partial charge < -0.3 is 4.18 Å². The molecule has 15 heteroatoms. The van der Waals surface area contributed by atoms with Crippen LogP contribution in [0, 0.1) is 0 Å². The van der Waals surface area contributed by atoms with Crippen molar-refractivity contribution in [2.45, 2.75) is 57.7 Å². The Morgan fingerprint density at radius 1 is 0.659 bits per heavy atom. The summed E-state index contributed by atoms with van der Waals surface area (Å²) >= 11 is 3.08. The number of alkyl halides is 9. The van der Waals surface area contributed by atoms with Gasteiger partial charge in [0, 0.05) is 14.7 Å². The lowest BCUT2D eigenvalue weighted by Crippen LogP contribution is -2.63. The van der Waals surface area contributed by atoms with Crippen LogP contribution in [0.2, 0.25) is 0 Å². The summed E-state index contributed by atoms with van der Waals surface area (Å²) in [5.41, 5.74) is 0. The molecule has 0 saturated carbocycles. The van der Waals surface area contributed by atoms with Crippen LogP contribution in [-0.4, -0.2) is 37.4 Å². The predicted octanol–water partition coefficient (Wildman–Crippen LogP) is 9.55. The van der Waals surface area contributed by atoms with E-state index < -0.39 is 39.1 Å². The number of benzene rings is 3. The zero-order valence-electron chi connectivity index (χ0n) is 21.1. The van der Waals surface area contributed by atoms with Gasteiger partial charge in [-0.1, -0.05) is 61.5 Å². The summed E-state index contributed by atoms with van der Waals surface area (Å²) < 4.78 is 142. The van der Waals surface area contributed by atoms with Crippen LogP contribution in [0.3, 0.4) is 0 Å². The Kier molecular flexibility index (Phi) is 11.9. The lowest BCUT2D eigenvalue weighted by Gasteiger charge is -2.32. The second-order valence-electron chi connectivity index (χ2n) is 8.10. The maximum Gasteiger partial charge on any atom is 0.460 e. The lowest BCUT2D eigenvalue weighted by molar-refractivity contribution is -0.382. The van der Waals surface area contributed by atoms with Crippen LogP contribution < -0.4 is 4.18 Å². The summed E-state index contributed by atoms with van der Waals surface area (Å²) in [6, 6.07) is 24.7. The zero-order valence-corrected chi connectivity index (χ0v) is 23.5. The van der Waals surface area contributed by atoms with Crippen LogP contribution in [0.5, 0.6) is 5.75 Å². The maximum absolute atomic E-state index is 13.5. The summed E-state index contributed by atoms with van der Waals surface area (Å²) in [5, 5.41) is -6.88. The molecule has 41 heavy (non-hydrogen) atoms. The summed E-state index contributed by atoms with van der Waals surface area (Å²) in [6.45, 7) is 1.92. The predicted molar refractivity (Wildman–Crippen MR) is 140 cm³/mol. The molecule has 0 fully saturated rings. The highest BCUT2D eigenvalue weighted by atomic mass is 32.2. The average Bonchev–Trinajstić information content (AvgIpc) is 2.90. The number of rotatable bonds is 11. The van der Waals surface area contributed by atoms with Crippen molar-refractivity contribution < 1.29 is 52.1 Å². The smallest absolute Gasteiger partial charge is 0.378 e. The Labute approximate surface area is 239 Å². The summed E-state index contributed by atoms with van der Waals surface area (Å²) in [7, 11) is -6.92. The van der Waals surface area contributed by atoms with Crippen molar-refractivity contribution in [1.82, 2.24) is 0 Å². The number of halogens is 9. The molecule has 0 spiro atoms. The molecule has 0 unspecified atom stereocenters. The minimum Gasteiger partial charge on any atom is -0.378 e. The van der Waals surface area contributed by atoms with Crippen molar-refractivity contribution in [2.24, 2.45) is 0 Å². The third-order valence-electron chi connectivity index (χ3n) is 4.95. The van der Waals surface area contributed by atoms with Crippen molar-refractivity contribution in [3.8, 4) is 5.75 Å². The van der Waals surface area contributed by atoms with E-state index in [9.17, 15) is 47.9 Å². The molecule has 3 aromatic rings. The molecule has 0 aliphatic rings. The van der Waals surface area contributed by atoms with Crippen LogP contribution in [0.1, 0.15) is 19.8 Å². The number of unbranched alkanes of at least 4 members (excludes halogenated alkanes) is 1. The minimum absolute atomic E-state index is 0.527. The van der Waals surface area contributed by atoms with Gasteiger partial charge in [-0.3, -0.25) is 0 Å². The third kappa shape index (κ3) is 8.74. The summed E-state index contributed by atoms with van der Waals surface area (Å²) in [6.07, 6.45) is -5.43. The van der Waals surface area contributed by atoms with Gasteiger partial charge in [0.05, 0.1) is 0 Å². The average molecular weight is 651 g/mol. The van der Waals surface area contributed by atoms with E-state index in [1.165, 1.54) is 33.7 Å². The van der Waals surface area contributed by atoms with Gasteiger partial charge in [-0.05, 0) is 60.7 Å². The molecule has 0 aliphatic heterocycles. The highest BCUT2D eigenvalue weighted by Gasteiger charge is 2.86. The summed E-state index contributed by atoms with van der Waals surface area (Å²) in [4.78, 5) is 3.10. The topological polar surface area (TPSA) is 43.4 Å². The van der Waals surface area contributed by atoms with E-state index in [1.54, 1.807) is 11.8 Å². The molecule has 0 heterocycles. The van der Waals surface area contributed by atoms with Gasteiger partial charge in [-0.2, -0.15) is 47.9 Å². The molecule has 0 radical (unpaired) electrons. The third-order valence-corrected chi connectivity index (χ3v) is 8.36. The Morgan fingerprint density at radius 2 is 1.12 bits per heavy atom. The van der Waals surface area contributed by atoms with Crippen LogP contribution in [0.25, 0.3) is 0 Å². The molecule has 0 atom stereocenters. The van der Waals surface area contributed by atoms with E-state index in [0.29, 0.717) is 10.6 Å². The molecule has 226 valence electrons. The SMILES string of the molecule is CCCCSc1ccc(OS(=O)(=O)C(F)(F)C(F)(F)C(F)(F)C(F)(F)F)cc1.c1ccc(Sc2ccccc2)cc1. The van der Waals surface area contributed by atoms with E-state index in [2.05, 4.69) is 52.7 Å². The first kappa shape index (κ1) is 34.7. The van der Waals surface area contributed by atoms with Gasteiger partial charge >= 0.3 is 33.4 Å². The van der Waals surface area contributed by atoms with Gasteiger partial charge in [0.1, 0.15) is 5.75 Å². The van der Waals surface area contributed by atoms with E-state index in [4.69, 9.17) is 0 Å². The van der Waals surface area contributed by atoms with Crippen LogP contribution in [-0.2, 0) is 10.1 Å². The monoisotopic (exact) mass is 650 g/mol. The van der Waals surface area contributed by atoms with Crippen molar-refractivity contribution in [1.29, 1.82) is 0 Å². The number of hydrogen-bond donors (Lipinski definition) is 0. The zero-order chi connectivity index (χ0) is 31.0. The first-order valence-corrected chi connectivity index (χ1v) is 14.8. The van der Waals surface area contributed by atoms with Crippen molar-refractivity contribution in [3.05, 3.63) is 84.9 Å². The van der Waals surface area contributed by atoms with Gasteiger partial charge in [0.25, 0.3) is 0 Å². The van der Waals surface area contributed by atoms with E-state index >= 15 is 0 Å². The Bertz CT molecular complexity index is 1280. The molecule has 0 aliphatic carbocycles. The van der Waals surface area contributed by atoms with Gasteiger partial charge in [0.15, 0.2) is 0 Å². The largest absolute Gasteiger partial charge is 0.460 e. The molecule has 3 nitrogen and oxygen atoms in total. The van der Waals surface area contributed by atoms with Gasteiger partial charge in [-0.25, -0.2) is 0 Å². The quantitative estimate of drug-likeness (QED) is 0.0895. The fraction of sp³-hybridized carbons (Fsp3) is 0.308. The molecule has 3 rings (SSSR count). The van der Waals surface area contributed by atoms with Gasteiger partial charge in [-0.15, -0.1) is 11.8 Å². The number of hydrogen-bond acceptors (Lipinski definition) is 5. The van der Waals surface area contributed by atoms with E-state index in [-0.39, 0.29) is 0 Å². The fourth-order valence-corrected chi connectivity index (χ4v) is 5.50. The standard InChI is InChI=1S/C14H13F9O3S2.C12H10S/c1-2-3-8-27-10-6-4-9(5-7-10)26-28(24,25)14(22,23)12(17,18)11(15,16)13(19,20)21;1-3-7-11(8-4-1)13-12-9-5-2-6-10-12/h4-7H,2-3,8H2,1H3;1-10H. The molecule has 3 aromatic carbocycles. The Balaban J connectivity index is 0.000000372. The number of thioether (sulfide) groups is 1. The molecule has 0 amide bonds. The second-order valence-corrected chi connectivity index (χ2v) is 12.0. The molecule has 0 bridgehead atoms. The first-order chi connectivity index (χ1) is 19.0. The maximum atomic E-state index is 13.5. The molecular weight excluding hydrogens is 627 g/mol. The Morgan fingerprint density at radius 3 is 1.54 bits per heavy atom. The highest BCUT2D eigenvalue weighted by Crippen LogP contribution is 2.55. The molecular formula is C26H23F9O3S3. The Hall–Kier alpha value is -2.52. The highest BCUT2D eigenvalue weighted by molar-refractivity contribution is 7.99. The minimum atomic E-state index is -7.33. The van der Waals surface area contributed by atoms with Gasteiger partial charge in [0.2, 0.25) is 0 Å².